The number of pyridine rings is 1. The molecule has 2 unspecified atom stereocenters. The molecule has 1 fully saturated rings. The van der Waals surface area contributed by atoms with E-state index in [2.05, 4.69) is 9.72 Å². The number of halogens is 3. The Balaban J connectivity index is 1.48. The predicted molar refractivity (Wildman–Crippen MR) is 129 cm³/mol. The number of ether oxygens (including phenoxy) is 2. The van der Waals surface area contributed by atoms with Gasteiger partial charge in [0.2, 0.25) is 5.91 Å². The highest BCUT2D eigenvalue weighted by Gasteiger charge is 2.54. The van der Waals surface area contributed by atoms with Crippen molar-refractivity contribution in [1.29, 1.82) is 0 Å². The number of benzene rings is 2. The largest absolute Gasteiger partial charge is 0.573 e. The van der Waals surface area contributed by atoms with Gasteiger partial charge in [-0.3, -0.25) is 14.7 Å². The lowest BCUT2D eigenvalue weighted by Gasteiger charge is -2.42. The van der Waals surface area contributed by atoms with Crippen LogP contribution in [0.2, 0.25) is 0 Å². The first-order valence-electron chi connectivity index (χ1n) is 11.4. The van der Waals surface area contributed by atoms with Crippen LogP contribution in [0.15, 0.2) is 78.0 Å². The highest BCUT2D eigenvalue weighted by atomic mass is 32.2. The third-order valence-electron chi connectivity index (χ3n) is 6.24. The van der Waals surface area contributed by atoms with Gasteiger partial charge in [-0.25, -0.2) is 8.42 Å². The van der Waals surface area contributed by atoms with Crippen LogP contribution in [0.3, 0.4) is 0 Å². The molecule has 202 valence electrons. The molecular formula is C25H24F3N3O6S. The maximum Gasteiger partial charge on any atom is 0.573 e. The monoisotopic (exact) mass is 551 g/mol. The molecule has 2 atom stereocenters. The van der Waals surface area contributed by atoms with Crippen LogP contribution in [0.5, 0.6) is 17.2 Å². The SMILES string of the molecule is NC(=O)C1(S(=O)(=O)c2ccc(Oc3ccc(OC(F)(F)F)cc3)cc2)CCN(Cc2cccnc2)C(O)C1. The summed E-state index contributed by atoms with van der Waals surface area (Å²) in [4.78, 5) is 18.0. The highest BCUT2D eigenvalue weighted by molar-refractivity contribution is 7.93. The highest BCUT2D eigenvalue weighted by Crippen LogP contribution is 2.38. The minimum absolute atomic E-state index is 0.105. The summed E-state index contributed by atoms with van der Waals surface area (Å²) in [5.74, 6) is -1.09. The number of nitrogens with zero attached hydrogens (tertiary/aromatic N) is 2. The van der Waals surface area contributed by atoms with E-state index in [1.165, 1.54) is 36.4 Å². The van der Waals surface area contributed by atoms with Crippen LogP contribution in [0.4, 0.5) is 13.2 Å². The lowest BCUT2D eigenvalue weighted by molar-refractivity contribution is -0.274. The minimum atomic E-state index is -4.82. The Morgan fingerprint density at radius 1 is 1.08 bits per heavy atom. The van der Waals surface area contributed by atoms with E-state index in [4.69, 9.17) is 10.5 Å². The number of hydrogen-bond acceptors (Lipinski definition) is 8. The minimum Gasteiger partial charge on any atom is -0.457 e. The summed E-state index contributed by atoms with van der Waals surface area (Å²) in [7, 11) is -4.32. The lowest BCUT2D eigenvalue weighted by Crippen LogP contribution is -2.59. The van der Waals surface area contributed by atoms with Crippen molar-refractivity contribution in [2.24, 2.45) is 5.73 Å². The zero-order chi connectivity index (χ0) is 27.6. The van der Waals surface area contributed by atoms with Crippen LogP contribution in [0, 0.1) is 0 Å². The Morgan fingerprint density at radius 3 is 2.21 bits per heavy atom. The van der Waals surface area contributed by atoms with Gasteiger partial charge in [-0.15, -0.1) is 13.2 Å². The Kier molecular flexibility index (Phi) is 7.63. The fourth-order valence-electron chi connectivity index (χ4n) is 4.27. The summed E-state index contributed by atoms with van der Waals surface area (Å²) in [6.07, 6.45) is -3.34. The van der Waals surface area contributed by atoms with Crippen molar-refractivity contribution in [3.05, 3.63) is 78.6 Å². The number of aliphatic hydroxyl groups excluding tert-OH is 1. The van der Waals surface area contributed by atoms with E-state index < -0.39 is 45.3 Å². The number of rotatable bonds is 8. The average molecular weight is 552 g/mol. The molecular weight excluding hydrogens is 527 g/mol. The van der Waals surface area contributed by atoms with Gasteiger partial charge in [0.1, 0.15) is 23.5 Å². The van der Waals surface area contributed by atoms with Gasteiger partial charge in [-0.1, -0.05) is 6.07 Å². The van der Waals surface area contributed by atoms with Crippen molar-refractivity contribution < 1.29 is 41.0 Å². The second kappa shape index (κ2) is 10.6. The number of hydrogen-bond donors (Lipinski definition) is 2. The molecule has 0 bridgehead atoms. The van der Waals surface area contributed by atoms with Crippen molar-refractivity contribution in [2.45, 2.75) is 41.6 Å². The van der Waals surface area contributed by atoms with E-state index in [1.807, 2.05) is 6.07 Å². The first-order chi connectivity index (χ1) is 17.9. The zero-order valence-corrected chi connectivity index (χ0v) is 20.7. The number of primary amides is 1. The molecule has 2 heterocycles. The molecule has 1 aromatic heterocycles. The molecule has 38 heavy (non-hydrogen) atoms. The van der Waals surface area contributed by atoms with E-state index in [1.54, 1.807) is 23.4 Å². The topological polar surface area (TPSA) is 132 Å². The van der Waals surface area contributed by atoms with Gasteiger partial charge in [0.05, 0.1) is 4.90 Å². The van der Waals surface area contributed by atoms with Crippen LogP contribution >= 0.6 is 0 Å². The standard InChI is InChI=1S/C25H24F3N3O6S/c26-25(27,28)37-20-5-3-18(4-6-20)36-19-7-9-21(10-8-19)38(34,35)24(23(29)33)11-13-31(22(32)14-24)16-17-2-1-12-30-15-17/h1-10,12,15,22,32H,11,13-14,16H2,(H2,29,33). The van der Waals surface area contributed by atoms with E-state index in [-0.39, 0.29) is 29.4 Å². The van der Waals surface area contributed by atoms with E-state index >= 15 is 0 Å². The first kappa shape index (κ1) is 27.4. The van der Waals surface area contributed by atoms with Gasteiger partial charge in [0.15, 0.2) is 14.6 Å². The maximum absolute atomic E-state index is 13.6. The molecule has 13 heteroatoms. The third-order valence-corrected chi connectivity index (χ3v) is 8.73. The van der Waals surface area contributed by atoms with Gasteiger partial charge in [-0.2, -0.15) is 0 Å². The van der Waals surface area contributed by atoms with Crippen molar-refractivity contribution in [1.82, 2.24) is 9.88 Å². The normalized spacial score (nSPS) is 20.6. The van der Waals surface area contributed by atoms with Crippen molar-refractivity contribution in [2.75, 3.05) is 6.54 Å². The number of piperidine rings is 1. The summed E-state index contributed by atoms with van der Waals surface area (Å²) in [5.41, 5.74) is 6.42. The molecule has 1 amide bonds. The molecule has 3 N–H and O–H groups in total. The Bertz CT molecular complexity index is 1370. The number of aliphatic hydroxyl groups is 1. The number of nitrogens with two attached hydrogens (primary N) is 1. The third kappa shape index (κ3) is 5.90. The van der Waals surface area contributed by atoms with Gasteiger partial charge in [0, 0.05) is 31.9 Å². The molecule has 9 nitrogen and oxygen atoms in total. The second-order valence-corrected chi connectivity index (χ2v) is 11.0. The molecule has 1 aliphatic rings. The molecule has 1 saturated heterocycles. The van der Waals surface area contributed by atoms with Crippen LogP contribution < -0.4 is 15.2 Å². The van der Waals surface area contributed by atoms with Gasteiger partial charge >= 0.3 is 6.36 Å². The van der Waals surface area contributed by atoms with Gasteiger partial charge in [-0.05, 0) is 66.6 Å². The number of carbonyl (C=O) groups excluding carboxylic acids is 1. The number of sulfone groups is 1. The van der Waals surface area contributed by atoms with Crippen molar-refractivity contribution in [3.63, 3.8) is 0 Å². The van der Waals surface area contributed by atoms with E-state index in [0.29, 0.717) is 6.54 Å². The second-order valence-electron chi connectivity index (χ2n) is 8.72. The quantitative estimate of drug-likeness (QED) is 0.436. The molecule has 1 aliphatic heterocycles. The van der Waals surface area contributed by atoms with Gasteiger partial charge < -0.3 is 20.3 Å². The van der Waals surface area contributed by atoms with E-state index in [0.717, 1.165) is 17.7 Å². The predicted octanol–water partition coefficient (Wildman–Crippen LogP) is 3.38. The summed E-state index contributed by atoms with van der Waals surface area (Å²) in [5, 5.41) is 10.8. The van der Waals surface area contributed by atoms with Crippen molar-refractivity contribution >= 4 is 15.7 Å². The first-order valence-corrected chi connectivity index (χ1v) is 12.9. The summed E-state index contributed by atoms with van der Waals surface area (Å²) in [6, 6.07) is 13.4. The fraction of sp³-hybridized carbons (Fsp3) is 0.280. The summed E-state index contributed by atoms with van der Waals surface area (Å²) >= 11 is 0. The van der Waals surface area contributed by atoms with Crippen LogP contribution in [-0.4, -0.2) is 53.2 Å². The molecule has 4 rings (SSSR count). The van der Waals surface area contributed by atoms with Crippen molar-refractivity contribution in [3.8, 4) is 17.2 Å². The Hall–Kier alpha value is -3.68. The molecule has 3 aromatic rings. The molecule has 2 aromatic carbocycles. The number of aromatic nitrogens is 1. The fourth-order valence-corrected chi connectivity index (χ4v) is 6.21. The lowest BCUT2D eigenvalue weighted by atomic mass is 9.93. The molecule has 0 aliphatic carbocycles. The number of likely N-dealkylation sites (tertiary alicyclic amines) is 1. The van der Waals surface area contributed by atoms with Crippen LogP contribution in [0.1, 0.15) is 18.4 Å². The zero-order valence-electron chi connectivity index (χ0n) is 19.8. The van der Waals surface area contributed by atoms with Crippen LogP contribution in [0.25, 0.3) is 0 Å². The molecule has 0 spiro atoms. The smallest absolute Gasteiger partial charge is 0.457 e. The summed E-state index contributed by atoms with van der Waals surface area (Å²) in [6.45, 7) is 0.423. The summed E-state index contributed by atoms with van der Waals surface area (Å²) < 4.78 is 71.5. The molecule has 0 radical (unpaired) electrons. The van der Waals surface area contributed by atoms with Gasteiger partial charge in [0.25, 0.3) is 0 Å². The molecule has 0 saturated carbocycles. The van der Waals surface area contributed by atoms with E-state index in [9.17, 15) is 31.5 Å². The Labute approximate surface area is 216 Å². The number of alkyl halides is 3. The average Bonchev–Trinajstić information content (AvgIpc) is 2.86. The number of amides is 1. The number of carbonyl (C=O) groups is 1. The maximum atomic E-state index is 13.6. The van der Waals surface area contributed by atoms with Crippen LogP contribution in [-0.2, 0) is 21.2 Å². The Morgan fingerprint density at radius 2 is 1.68 bits per heavy atom.